The highest BCUT2D eigenvalue weighted by molar-refractivity contribution is 7.99. The Morgan fingerprint density at radius 3 is 2.72 bits per heavy atom. The summed E-state index contributed by atoms with van der Waals surface area (Å²) in [5.74, 6) is 2.14. The van der Waals surface area contributed by atoms with Crippen molar-refractivity contribution in [2.75, 3.05) is 19.3 Å². The Morgan fingerprint density at radius 2 is 2.06 bits per heavy atom. The van der Waals surface area contributed by atoms with Crippen molar-refractivity contribution in [3.8, 4) is 11.3 Å². The third-order valence-electron chi connectivity index (χ3n) is 2.72. The Morgan fingerprint density at radius 1 is 1.28 bits per heavy atom. The molecule has 2 rings (SSSR count). The molecule has 0 atom stereocenters. The second-order valence-corrected chi connectivity index (χ2v) is 5.39. The van der Waals surface area contributed by atoms with Crippen LogP contribution in [0.2, 0.25) is 0 Å². The number of rotatable bonds is 6. The standard InChI is InChI=1S/C14H19N3S/c1-3-18-12-6-4-11(5-7-12)13-10-16-14(17-13)8-9-15-2/h4-7,10,15H,3,8-9H2,1-2H3,(H,16,17). The summed E-state index contributed by atoms with van der Waals surface area (Å²) >= 11 is 1.86. The molecule has 1 heterocycles. The van der Waals surface area contributed by atoms with Gasteiger partial charge in [-0.3, -0.25) is 0 Å². The molecule has 0 aliphatic heterocycles. The average molecular weight is 261 g/mol. The molecule has 3 nitrogen and oxygen atoms in total. The van der Waals surface area contributed by atoms with Crippen molar-refractivity contribution in [2.24, 2.45) is 0 Å². The van der Waals surface area contributed by atoms with Gasteiger partial charge in [0.1, 0.15) is 5.82 Å². The van der Waals surface area contributed by atoms with Crippen molar-refractivity contribution in [2.45, 2.75) is 18.2 Å². The maximum absolute atomic E-state index is 4.39. The van der Waals surface area contributed by atoms with E-state index in [-0.39, 0.29) is 0 Å². The molecule has 2 N–H and O–H groups in total. The lowest BCUT2D eigenvalue weighted by Crippen LogP contribution is -2.10. The van der Waals surface area contributed by atoms with Gasteiger partial charge in [0.15, 0.2) is 0 Å². The summed E-state index contributed by atoms with van der Waals surface area (Å²) in [7, 11) is 1.95. The molecule has 0 unspecified atom stereocenters. The van der Waals surface area contributed by atoms with Crippen LogP contribution < -0.4 is 5.32 Å². The normalized spacial score (nSPS) is 10.8. The van der Waals surface area contributed by atoms with E-state index in [4.69, 9.17) is 0 Å². The molecule has 0 fully saturated rings. The van der Waals surface area contributed by atoms with Crippen LogP contribution in [-0.2, 0) is 6.42 Å². The molecule has 4 heteroatoms. The van der Waals surface area contributed by atoms with E-state index in [0.717, 1.165) is 30.2 Å². The molecule has 18 heavy (non-hydrogen) atoms. The van der Waals surface area contributed by atoms with Gasteiger partial charge in [0.05, 0.1) is 11.9 Å². The van der Waals surface area contributed by atoms with Crippen molar-refractivity contribution in [1.82, 2.24) is 15.3 Å². The van der Waals surface area contributed by atoms with E-state index >= 15 is 0 Å². The first kappa shape index (κ1) is 13.2. The number of likely N-dealkylation sites (N-methyl/N-ethyl adjacent to an activating group) is 1. The van der Waals surface area contributed by atoms with Gasteiger partial charge in [0.25, 0.3) is 0 Å². The minimum Gasteiger partial charge on any atom is -0.342 e. The molecule has 0 saturated heterocycles. The fraction of sp³-hybridized carbons (Fsp3) is 0.357. The second-order valence-electron chi connectivity index (χ2n) is 4.05. The Labute approximate surface area is 112 Å². The predicted octanol–water partition coefficient (Wildman–Crippen LogP) is 2.95. The van der Waals surface area contributed by atoms with Gasteiger partial charge in [-0.25, -0.2) is 4.98 Å². The first-order valence-corrected chi connectivity index (χ1v) is 7.23. The van der Waals surface area contributed by atoms with Gasteiger partial charge in [-0.2, -0.15) is 0 Å². The molecule has 0 aliphatic rings. The van der Waals surface area contributed by atoms with Gasteiger partial charge in [-0.1, -0.05) is 19.1 Å². The number of nitrogens with zero attached hydrogens (tertiary/aromatic N) is 1. The zero-order valence-corrected chi connectivity index (χ0v) is 11.7. The van der Waals surface area contributed by atoms with Crippen LogP contribution in [0.15, 0.2) is 35.4 Å². The van der Waals surface area contributed by atoms with Gasteiger partial charge in [-0.15, -0.1) is 11.8 Å². The molecule has 0 aliphatic carbocycles. The minimum absolute atomic E-state index is 0.931. The average Bonchev–Trinajstić information content (AvgIpc) is 2.86. The third kappa shape index (κ3) is 3.37. The van der Waals surface area contributed by atoms with Gasteiger partial charge < -0.3 is 10.3 Å². The lowest BCUT2D eigenvalue weighted by atomic mass is 10.2. The second kappa shape index (κ2) is 6.61. The molecule has 0 bridgehead atoms. The fourth-order valence-corrected chi connectivity index (χ4v) is 2.44. The van der Waals surface area contributed by atoms with E-state index < -0.39 is 0 Å². The fourth-order valence-electron chi connectivity index (χ4n) is 1.78. The third-order valence-corrected chi connectivity index (χ3v) is 3.61. The summed E-state index contributed by atoms with van der Waals surface area (Å²) in [5, 5.41) is 3.12. The van der Waals surface area contributed by atoms with E-state index in [2.05, 4.69) is 46.5 Å². The smallest absolute Gasteiger partial charge is 0.107 e. The number of hydrogen-bond donors (Lipinski definition) is 2. The SMILES string of the molecule is CCSc1ccc(-c2cnc(CCNC)[nH]2)cc1. The monoisotopic (exact) mass is 261 g/mol. The number of aromatic amines is 1. The Balaban J connectivity index is 2.08. The largest absolute Gasteiger partial charge is 0.342 e. The van der Waals surface area contributed by atoms with Crippen molar-refractivity contribution in [3.63, 3.8) is 0 Å². The predicted molar refractivity (Wildman–Crippen MR) is 78.1 cm³/mol. The molecule has 96 valence electrons. The molecule has 0 amide bonds. The van der Waals surface area contributed by atoms with E-state index in [1.165, 1.54) is 10.5 Å². The van der Waals surface area contributed by atoms with Gasteiger partial charge in [-0.05, 0) is 30.5 Å². The Kier molecular flexibility index (Phi) is 4.84. The summed E-state index contributed by atoms with van der Waals surface area (Å²) in [6.45, 7) is 3.11. The van der Waals surface area contributed by atoms with Crippen molar-refractivity contribution >= 4 is 11.8 Å². The molecular formula is C14H19N3S. The maximum atomic E-state index is 4.39. The number of benzene rings is 1. The summed E-state index contributed by atoms with van der Waals surface area (Å²) in [6.07, 6.45) is 2.84. The number of aromatic nitrogens is 2. The van der Waals surface area contributed by atoms with Crippen LogP contribution in [0, 0.1) is 0 Å². The quantitative estimate of drug-likeness (QED) is 0.785. The van der Waals surface area contributed by atoms with Crippen molar-refractivity contribution in [1.29, 1.82) is 0 Å². The number of imidazole rings is 1. The molecule has 0 saturated carbocycles. The highest BCUT2D eigenvalue weighted by atomic mass is 32.2. The first-order valence-electron chi connectivity index (χ1n) is 6.25. The number of H-pyrrole nitrogens is 1. The maximum Gasteiger partial charge on any atom is 0.107 e. The Bertz CT molecular complexity index is 476. The summed E-state index contributed by atoms with van der Waals surface area (Å²) in [5.41, 5.74) is 2.29. The van der Waals surface area contributed by atoms with E-state index in [1.807, 2.05) is 25.0 Å². The van der Waals surface area contributed by atoms with Crippen LogP contribution in [0.5, 0.6) is 0 Å². The van der Waals surface area contributed by atoms with E-state index in [9.17, 15) is 0 Å². The van der Waals surface area contributed by atoms with Crippen LogP contribution in [0.4, 0.5) is 0 Å². The van der Waals surface area contributed by atoms with Crippen LogP contribution in [0.1, 0.15) is 12.7 Å². The first-order chi connectivity index (χ1) is 8.83. The number of nitrogens with one attached hydrogen (secondary N) is 2. The summed E-state index contributed by atoms with van der Waals surface area (Å²) < 4.78 is 0. The van der Waals surface area contributed by atoms with E-state index in [1.54, 1.807) is 0 Å². The summed E-state index contributed by atoms with van der Waals surface area (Å²) in [6, 6.07) is 8.62. The lowest BCUT2D eigenvalue weighted by Gasteiger charge is -2.01. The number of thioether (sulfide) groups is 1. The van der Waals surface area contributed by atoms with Crippen molar-refractivity contribution < 1.29 is 0 Å². The van der Waals surface area contributed by atoms with Crippen LogP contribution in [-0.4, -0.2) is 29.3 Å². The highest BCUT2D eigenvalue weighted by Gasteiger charge is 2.03. The molecule has 0 radical (unpaired) electrons. The van der Waals surface area contributed by atoms with Gasteiger partial charge in [0.2, 0.25) is 0 Å². The lowest BCUT2D eigenvalue weighted by molar-refractivity contribution is 0.764. The summed E-state index contributed by atoms with van der Waals surface area (Å²) in [4.78, 5) is 9.06. The van der Waals surface area contributed by atoms with E-state index in [0.29, 0.717) is 0 Å². The van der Waals surface area contributed by atoms with Crippen LogP contribution >= 0.6 is 11.8 Å². The molecule has 1 aromatic heterocycles. The molecular weight excluding hydrogens is 242 g/mol. The minimum atomic E-state index is 0.931. The van der Waals surface area contributed by atoms with Gasteiger partial charge >= 0.3 is 0 Å². The molecule has 2 aromatic rings. The Hall–Kier alpha value is -1.26. The molecule has 1 aromatic carbocycles. The zero-order chi connectivity index (χ0) is 12.8. The van der Waals surface area contributed by atoms with Crippen LogP contribution in [0.25, 0.3) is 11.3 Å². The highest BCUT2D eigenvalue weighted by Crippen LogP contribution is 2.22. The molecule has 0 spiro atoms. The zero-order valence-electron chi connectivity index (χ0n) is 10.9. The van der Waals surface area contributed by atoms with Crippen LogP contribution in [0.3, 0.4) is 0 Å². The van der Waals surface area contributed by atoms with Gasteiger partial charge in [0, 0.05) is 17.9 Å². The number of hydrogen-bond acceptors (Lipinski definition) is 3. The van der Waals surface area contributed by atoms with Crippen molar-refractivity contribution in [3.05, 3.63) is 36.3 Å². The topological polar surface area (TPSA) is 40.7 Å².